The second-order valence-corrected chi connectivity index (χ2v) is 4.63. The molecule has 0 N–H and O–H groups in total. The Labute approximate surface area is 115 Å². The van der Waals surface area contributed by atoms with Crippen LogP contribution in [0.5, 0.6) is 0 Å². The average molecular weight is 287 g/mol. The van der Waals surface area contributed by atoms with Crippen LogP contribution in [0.15, 0.2) is 30.3 Å². The van der Waals surface area contributed by atoms with Crippen LogP contribution in [-0.2, 0) is 14.4 Å². The largest absolute Gasteiger partial charge is 0.291 e. The van der Waals surface area contributed by atoms with E-state index in [0.717, 1.165) is 0 Å². The van der Waals surface area contributed by atoms with E-state index in [0.29, 0.717) is 5.56 Å². The van der Waals surface area contributed by atoms with E-state index >= 15 is 0 Å². The topological polar surface area (TPSA) is 51.2 Å². The fraction of sp³-hybridized carbons (Fsp3) is 0.308. The van der Waals surface area contributed by atoms with E-state index in [4.69, 9.17) is 23.2 Å². The molecule has 0 spiro atoms. The molecule has 0 saturated carbocycles. The van der Waals surface area contributed by atoms with E-state index < -0.39 is 22.2 Å². The van der Waals surface area contributed by atoms with Gasteiger partial charge in [0.2, 0.25) is 11.0 Å². The molecule has 0 amide bonds. The molecular formula is C13H12Cl2O3. The van der Waals surface area contributed by atoms with Gasteiger partial charge in [0, 0.05) is 12.8 Å². The molecule has 18 heavy (non-hydrogen) atoms. The van der Waals surface area contributed by atoms with Gasteiger partial charge in [-0.3, -0.25) is 14.4 Å². The lowest BCUT2D eigenvalue weighted by Gasteiger charge is -2.07. The number of carbonyl (C=O) groups excluding carboxylic acids is 3. The molecule has 0 heterocycles. The van der Waals surface area contributed by atoms with E-state index in [1.165, 1.54) is 0 Å². The first-order valence-electron chi connectivity index (χ1n) is 5.46. The van der Waals surface area contributed by atoms with Crippen LogP contribution in [0.1, 0.15) is 30.2 Å². The Balaban J connectivity index is 2.53. The minimum Gasteiger partial charge on any atom is -0.291 e. The number of carbonyl (C=O) groups is 3. The molecule has 0 aliphatic rings. The summed E-state index contributed by atoms with van der Waals surface area (Å²) in [6.45, 7) is 0. The quantitative estimate of drug-likeness (QED) is 0.440. The van der Waals surface area contributed by atoms with Gasteiger partial charge in [-0.15, -0.1) is 11.6 Å². The standard InChI is InChI=1S/C13H12Cl2O3/c14-11(17)8-4-7-10(16)13(18)12(15)9-5-2-1-3-6-9/h1-3,5-6,12H,4,7-8H2. The van der Waals surface area contributed by atoms with Crippen LogP contribution in [0.25, 0.3) is 0 Å². The zero-order valence-corrected chi connectivity index (χ0v) is 11.1. The third-order valence-electron chi connectivity index (χ3n) is 2.37. The molecule has 0 aliphatic carbocycles. The number of hydrogen-bond acceptors (Lipinski definition) is 3. The van der Waals surface area contributed by atoms with Crippen molar-refractivity contribution in [1.29, 1.82) is 0 Å². The summed E-state index contributed by atoms with van der Waals surface area (Å²) < 4.78 is 0. The van der Waals surface area contributed by atoms with Crippen molar-refractivity contribution in [3.05, 3.63) is 35.9 Å². The van der Waals surface area contributed by atoms with Gasteiger partial charge in [0.25, 0.3) is 0 Å². The molecule has 1 unspecified atom stereocenters. The molecule has 5 heteroatoms. The third-order valence-corrected chi connectivity index (χ3v) is 3.01. The average Bonchev–Trinajstić information content (AvgIpc) is 2.37. The lowest BCUT2D eigenvalue weighted by molar-refractivity contribution is -0.136. The molecule has 0 radical (unpaired) electrons. The van der Waals surface area contributed by atoms with Crippen molar-refractivity contribution in [1.82, 2.24) is 0 Å². The van der Waals surface area contributed by atoms with Crippen molar-refractivity contribution in [2.45, 2.75) is 24.6 Å². The summed E-state index contributed by atoms with van der Waals surface area (Å²) in [7, 11) is 0. The summed E-state index contributed by atoms with van der Waals surface area (Å²) in [4.78, 5) is 33.8. The Kier molecular flexibility index (Phi) is 6.02. The molecule has 1 atom stereocenters. The Morgan fingerprint density at radius 3 is 2.22 bits per heavy atom. The predicted molar refractivity (Wildman–Crippen MR) is 69.8 cm³/mol. The van der Waals surface area contributed by atoms with Crippen LogP contribution in [0.2, 0.25) is 0 Å². The van der Waals surface area contributed by atoms with E-state index in [9.17, 15) is 14.4 Å². The normalized spacial score (nSPS) is 11.9. The van der Waals surface area contributed by atoms with Crippen molar-refractivity contribution in [2.75, 3.05) is 0 Å². The zero-order valence-electron chi connectivity index (χ0n) is 9.57. The highest BCUT2D eigenvalue weighted by atomic mass is 35.5. The van der Waals surface area contributed by atoms with Crippen LogP contribution in [-0.4, -0.2) is 16.8 Å². The van der Waals surface area contributed by atoms with Gasteiger partial charge < -0.3 is 0 Å². The molecule has 1 aromatic carbocycles. The maximum absolute atomic E-state index is 11.7. The van der Waals surface area contributed by atoms with Crippen molar-refractivity contribution >= 4 is 40.0 Å². The van der Waals surface area contributed by atoms with Crippen molar-refractivity contribution in [2.24, 2.45) is 0 Å². The summed E-state index contributed by atoms with van der Waals surface area (Å²) >= 11 is 11.1. The van der Waals surface area contributed by atoms with Crippen molar-refractivity contribution in [3.63, 3.8) is 0 Å². The second-order valence-electron chi connectivity index (χ2n) is 3.77. The first kappa shape index (κ1) is 14.9. The minimum atomic E-state index is -0.967. The summed E-state index contributed by atoms with van der Waals surface area (Å²) in [5, 5.41) is -1.48. The smallest absolute Gasteiger partial charge is 0.221 e. The first-order valence-corrected chi connectivity index (χ1v) is 6.28. The number of hydrogen-bond donors (Lipinski definition) is 0. The molecule has 0 aromatic heterocycles. The van der Waals surface area contributed by atoms with E-state index in [1.54, 1.807) is 30.3 Å². The summed E-state index contributed by atoms with van der Waals surface area (Å²) in [6, 6.07) is 8.66. The van der Waals surface area contributed by atoms with E-state index in [2.05, 4.69) is 0 Å². The minimum absolute atomic E-state index is 0.00660. The van der Waals surface area contributed by atoms with Crippen LogP contribution in [0, 0.1) is 0 Å². The number of halogens is 2. The van der Waals surface area contributed by atoms with Gasteiger partial charge in [-0.2, -0.15) is 0 Å². The molecule has 1 rings (SSSR count). The summed E-state index contributed by atoms with van der Waals surface area (Å²) in [5.41, 5.74) is 0.589. The van der Waals surface area contributed by atoms with Crippen LogP contribution in [0.3, 0.4) is 0 Å². The van der Waals surface area contributed by atoms with E-state index in [-0.39, 0.29) is 19.3 Å². The highest BCUT2D eigenvalue weighted by Crippen LogP contribution is 2.22. The molecule has 3 nitrogen and oxygen atoms in total. The molecule has 96 valence electrons. The van der Waals surface area contributed by atoms with Crippen molar-refractivity contribution in [3.8, 4) is 0 Å². The summed E-state index contributed by atoms with van der Waals surface area (Å²) in [6.07, 6.45) is 0.345. The lowest BCUT2D eigenvalue weighted by atomic mass is 10.0. The van der Waals surface area contributed by atoms with Gasteiger partial charge in [-0.05, 0) is 23.6 Å². The Hall–Kier alpha value is -1.19. The Morgan fingerprint density at radius 1 is 1.06 bits per heavy atom. The SMILES string of the molecule is O=C(Cl)CCCC(=O)C(=O)C(Cl)c1ccccc1. The maximum Gasteiger partial charge on any atom is 0.221 e. The first-order chi connectivity index (χ1) is 8.52. The second kappa shape index (κ2) is 7.29. The molecule has 0 saturated heterocycles. The number of Topliss-reactive ketones (excluding diaryl/α,β-unsaturated/α-hetero) is 2. The number of ketones is 2. The fourth-order valence-electron chi connectivity index (χ4n) is 1.43. The Bertz CT molecular complexity index is 443. The lowest BCUT2D eigenvalue weighted by Crippen LogP contribution is -2.18. The molecule has 1 aromatic rings. The van der Waals surface area contributed by atoms with E-state index in [1.807, 2.05) is 0 Å². The third kappa shape index (κ3) is 4.59. The summed E-state index contributed by atoms with van der Waals surface area (Å²) in [5.74, 6) is -1.22. The molecule has 0 aliphatic heterocycles. The van der Waals surface area contributed by atoms with Gasteiger partial charge >= 0.3 is 0 Å². The van der Waals surface area contributed by atoms with Crippen molar-refractivity contribution < 1.29 is 14.4 Å². The number of rotatable bonds is 7. The molecular weight excluding hydrogens is 275 g/mol. The van der Waals surface area contributed by atoms with Crippen LogP contribution >= 0.6 is 23.2 Å². The van der Waals surface area contributed by atoms with Crippen LogP contribution < -0.4 is 0 Å². The van der Waals surface area contributed by atoms with Crippen LogP contribution in [0.4, 0.5) is 0 Å². The number of benzene rings is 1. The van der Waals surface area contributed by atoms with Gasteiger partial charge in [-0.1, -0.05) is 30.3 Å². The highest BCUT2D eigenvalue weighted by Gasteiger charge is 2.24. The van der Waals surface area contributed by atoms with Gasteiger partial charge in [0.05, 0.1) is 0 Å². The van der Waals surface area contributed by atoms with Gasteiger partial charge in [0.15, 0.2) is 5.78 Å². The Morgan fingerprint density at radius 2 is 1.67 bits per heavy atom. The monoisotopic (exact) mass is 286 g/mol. The fourth-order valence-corrected chi connectivity index (χ4v) is 1.83. The highest BCUT2D eigenvalue weighted by molar-refractivity contribution is 6.63. The number of alkyl halides is 1. The molecule has 0 bridgehead atoms. The zero-order chi connectivity index (χ0) is 13.5. The maximum atomic E-state index is 11.7. The molecule has 0 fully saturated rings. The van der Waals surface area contributed by atoms with Gasteiger partial charge in [-0.25, -0.2) is 0 Å². The predicted octanol–water partition coefficient (Wildman–Crippen LogP) is 3.04. The van der Waals surface area contributed by atoms with Gasteiger partial charge in [0.1, 0.15) is 5.38 Å².